The third-order valence-electron chi connectivity index (χ3n) is 1.84. The number of benzene rings is 1. The van der Waals surface area contributed by atoms with Gasteiger partial charge in [-0.1, -0.05) is 0 Å². The van der Waals surface area contributed by atoms with E-state index in [1.165, 1.54) is 6.21 Å². The summed E-state index contributed by atoms with van der Waals surface area (Å²) in [5.41, 5.74) is 0.824. The molecule has 90 valence electrons. The summed E-state index contributed by atoms with van der Waals surface area (Å²) in [6.07, 6.45) is 1.53. The molecule has 6 heteroatoms. The van der Waals surface area contributed by atoms with Gasteiger partial charge in [-0.3, -0.25) is 0 Å². The van der Waals surface area contributed by atoms with Crippen LogP contribution in [-0.2, 0) is 0 Å². The molecule has 0 radical (unpaired) electrons. The molecular weight excluding hydrogens is 333 g/mol. The summed E-state index contributed by atoms with van der Waals surface area (Å²) in [7, 11) is 0. The molecule has 17 heavy (non-hydrogen) atoms. The zero-order chi connectivity index (χ0) is 12.7. The number of halogens is 1. The lowest BCUT2D eigenvalue weighted by Crippen LogP contribution is -2.02. The van der Waals surface area contributed by atoms with Crippen molar-refractivity contribution in [3.8, 4) is 17.6 Å². The van der Waals surface area contributed by atoms with Crippen molar-refractivity contribution >= 4 is 28.8 Å². The Kier molecular flexibility index (Phi) is 5.56. The fourth-order valence-electron chi connectivity index (χ4n) is 1.26. The molecule has 0 aliphatic rings. The molecule has 2 N–H and O–H groups in total. The standard InChI is InChI=1S/C11H12IN3O2/c1-2-16-10-6-8(7-15-14)5-9(12)11(10)17-4-3-13/h5-7H,2,4,14H2,1H3. The number of hydrazone groups is 1. The molecule has 0 saturated carbocycles. The lowest BCUT2D eigenvalue weighted by atomic mass is 10.2. The lowest BCUT2D eigenvalue weighted by molar-refractivity contribution is 0.297. The van der Waals surface area contributed by atoms with Gasteiger partial charge in [0.05, 0.1) is 16.4 Å². The summed E-state index contributed by atoms with van der Waals surface area (Å²) < 4.78 is 11.6. The molecule has 1 rings (SSSR count). The van der Waals surface area contributed by atoms with Gasteiger partial charge in [0.2, 0.25) is 0 Å². The molecule has 5 nitrogen and oxygen atoms in total. The first kappa shape index (κ1) is 13.6. The highest BCUT2D eigenvalue weighted by Crippen LogP contribution is 2.33. The molecule has 1 aromatic rings. The topological polar surface area (TPSA) is 80.6 Å². The molecule has 0 atom stereocenters. The molecule has 0 amide bonds. The third-order valence-corrected chi connectivity index (χ3v) is 2.64. The molecule has 0 bridgehead atoms. The Labute approximate surface area is 113 Å². The van der Waals surface area contributed by atoms with Crippen LogP contribution < -0.4 is 15.3 Å². The van der Waals surface area contributed by atoms with E-state index in [0.717, 1.165) is 9.13 Å². The first-order valence-electron chi connectivity index (χ1n) is 4.92. The number of hydrogen-bond acceptors (Lipinski definition) is 5. The second-order valence-electron chi connectivity index (χ2n) is 2.99. The van der Waals surface area contributed by atoms with Gasteiger partial charge in [0.15, 0.2) is 18.1 Å². The maximum Gasteiger partial charge on any atom is 0.176 e. The highest BCUT2D eigenvalue weighted by molar-refractivity contribution is 14.1. The van der Waals surface area contributed by atoms with Gasteiger partial charge in [-0.15, -0.1) is 0 Å². The van der Waals surface area contributed by atoms with Crippen molar-refractivity contribution in [3.63, 3.8) is 0 Å². The smallest absolute Gasteiger partial charge is 0.176 e. The normalized spacial score (nSPS) is 10.2. The van der Waals surface area contributed by atoms with Gasteiger partial charge >= 0.3 is 0 Å². The molecule has 0 heterocycles. The van der Waals surface area contributed by atoms with Crippen LogP contribution in [0, 0.1) is 14.9 Å². The highest BCUT2D eigenvalue weighted by Gasteiger charge is 2.11. The van der Waals surface area contributed by atoms with E-state index >= 15 is 0 Å². The SMILES string of the molecule is CCOc1cc(C=NN)cc(I)c1OCC#N. The van der Waals surface area contributed by atoms with Crippen molar-refractivity contribution in [1.29, 1.82) is 5.26 Å². The average molecular weight is 345 g/mol. The summed E-state index contributed by atoms with van der Waals surface area (Å²) in [6.45, 7) is 2.38. The van der Waals surface area contributed by atoms with Crippen molar-refractivity contribution in [2.45, 2.75) is 6.92 Å². The van der Waals surface area contributed by atoms with E-state index in [1.54, 1.807) is 6.07 Å². The minimum Gasteiger partial charge on any atom is -0.490 e. The summed E-state index contributed by atoms with van der Waals surface area (Å²) in [4.78, 5) is 0. The van der Waals surface area contributed by atoms with Crippen LogP contribution in [0.3, 0.4) is 0 Å². The Hall–Kier alpha value is -1.49. The van der Waals surface area contributed by atoms with Crippen LogP contribution in [0.25, 0.3) is 0 Å². The van der Waals surface area contributed by atoms with Crippen molar-refractivity contribution in [2.75, 3.05) is 13.2 Å². The van der Waals surface area contributed by atoms with E-state index in [9.17, 15) is 0 Å². The fourth-order valence-corrected chi connectivity index (χ4v) is 2.04. The Balaban J connectivity index is 3.13. The summed E-state index contributed by atoms with van der Waals surface area (Å²) in [5.74, 6) is 6.26. The monoisotopic (exact) mass is 345 g/mol. The quantitative estimate of drug-likeness (QED) is 0.382. The summed E-state index contributed by atoms with van der Waals surface area (Å²) >= 11 is 2.11. The van der Waals surface area contributed by atoms with Gasteiger partial charge in [0.25, 0.3) is 0 Å². The predicted molar refractivity (Wildman–Crippen MR) is 73.2 cm³/mol. The zero-order valence-electron chi connectivity index (χ0n) is 9.31. The molecular formula is C11H12IN3O2. The molecule has 0 unspecified atom stereocenters. The molecule has 0 aliphatic heterocycles. The van der Waals surface area contributed by atoms with Gasteiger partial charge in [-0.2, -0.15) is 10.4 Å². The number of rotatable bonds is 5. The van der Waals surface area contributed by atoms with Crippen LogP contribution >= 0.6 is 22.6 Å². The molecule has 0 spiro atoms. The van der Waals surface area contributed by atoms with Crippen molar-refractivity contribution in [1.82, 2.24) is 0 Å². The van der Waals surface area contributed by atoms with Crippen LogP contribution in [0.2, 0.25) is 0 Å². The number of nitrogens with zero attached hydrogens (tertiary/aromatic N) is 2. The Morgan fingerprint density at radius 1 is 1.53 bits per heavy atom. The van der Waals surface area contributed by atoms with E-state index in [-0.39, 0.29) is 6.61 Å². The Morgan fingerprint density at radius 3 is 2.88 bits per heavy atom. The van der Waals surface area contributed by atoms with Crippen LogP contribution in [0.1, 0.15) is 12.5 Å². The van der Waals surface area contributed by atoms with E-state index in [2.05, 4.69) is 27.7 Å². The third kappa shape index (κ3) is 3.78. The first-order valence-corrected chi connectivity index (χ1v) is 6.00. The Bertz CT molecular complexity index is 455. The van der Waals surface area contributed by atoms with Crippen molar-refractivity contribution < 1.29 is 9.47 Å². The first-order chi connectivity index (χ1) is 8.22. The summed E-state index contributed by atoms with van der Waals surface area (Å²) in [5, 5.41) is 12.0. The second-order valence-corrected chi connectivity index (χ2v) is 4.15. The Morgan fingerprint density at radius 2 is 2.29 bits per heavy atom. The number of ether oxygens (including phenoxy) is 2. The molecule has 1 aromatic carbocycles. The zero-order valence-corrected chi connectivity index (χ0v) is 11.5. The van der Waals surface area contributed by atoms with Gasteiger partial charge in [0, 0.05) is 0 Å². The van der Waals surface area contributed by atoms with Crippen LogP contribution in [0.5, 0.6) is 11.5 Å². The maximum absolute atomic E-state index is 8.52. The van der Waals surface area contributed by atoms with Gasteiger partial charge in [-0.25, -0.2) is 0 Å². The van der Waals surface area contributed by atoms with E-state index in [0.29, 0.717) is 18.1 Å². The van der Waals surface area contributed by atoms with E-state index in [4.69, 9.17) is 20.6 Å². The van der Waals surface area contributed by atoms with Crippen LogP contribution in [0.4, 0.5) is 0 Å². The van der Waals surface area contributed by atoms with Gasteiger partial charge < -0.3 is 15.3 Å². The van der Waals surface area contributed by atoms with Gasteiger partial charge in [-0.05, 0) is 47.2 Å². The second kappa shape index (κ2) is 6.96. The van der Waals surface area contributed by atoms with Gasteiger partial charge in [0.1, 0.15) is 6.07 Å². The number of nitrogens with two attached hydrogens (primary N) is 1. The summed E-state index contributed by atoms with van der Waals surface area (Å²) in [6, 6.07) is 5.55. The number of hydrogen-bond donors (Lipinski definition) is 1. The largest absolute Gasteiger partial charge is 0.490 e. The van der Waals surface area contributed by atoms with Crippen molar-refractivity contribution in [2.24, 2.45) is 10.9 Å². The number of nitriles is 1. The van der Waals surface area contributed by atoms with Crippen LogP contribution in [-0.4, -0.2) is 19.4 Å². The maximum atomic E-state index is 8.52. The van der Waals surface area contributed by atoms with Crippen molar-refractivity contribution in [3.05, 3.63) is 21.3 Å². The average Bonchev–Trinajstić information content (AvgIpc) is 2.29. The van der Waals surface area contributed by atoms with E-state index in [1.807, 2.05) is 19.1 Å². The molecule has 0 saturated heterocycles. The minimum atomic E-state index is -0.0135. The fraction of sp³-hybridized carbons (Fsp3) is 0.273. The molecule has 0 aromatic heterocycles. The lowest BCUT2D eigenvalue weighted by Gasteiger charge is -2.12. The van der Waals surface area contributed by atoms with Crippen LogP contribution in [0.15, 0.2) is 17.2 Å². The predicted octanol–water partition coefficient (Wildman–Crippen LogP) is 1.88. The van der Waals surface area contributed by atoms with E-state index < -0.39 is 0 Å². The molecule has 0 fully saturated rings. The minimum absolute atomic E-state index is 0.0135. The highest BCUT2D eigenvalue weighted by atomic mass is 127. The molecule has 0 aliphatic carbocycles.